The molecule has 0 bridgehead atoms. The molecule has 2 rings (SSSR count). The van der Waals surface area contributed by atoms with Crippen LogP contribution in [-0.4, -0.2) is 30.4 Å². The molecule has 1 fully saturated rings. The molecule has 110 valence electrons. The van der Waals surface area contributed by atoms with Gasteiger partial charge in [-0.25, -0.2) is 0 Å². The van der Waals surface area contributed by atoms with E-state index >= 15 is 0 Å². The molecule has 4 heteroatoms. The first-order chi connectivity index (χ1) is 9.60. The minimum Gasteiger partial charge on any atom is -0.382 e. The van der Waals surface area contributed by atoms with Crippen molar-refractivity contribution in [2.24, 2.45) is 11.7 Å². The maximum atomic E-state index is 11.3. The summed E-state index contributed by atoms with van der Waals surface area (Å²) in [6.45, 7) is 2.99. The largest absolute Gasteiger partial charge is 0.382 e. The Balaban J connectivity index is 2.00. The number of rotatable bonds is 5. The van der Waals surface area contributed by atoms with Crippen LogP contribution in [0.15, 0.2) is 24.3 Å². The quantitative estimate of drug-likeness (QED) is 0.866. The monoisotopic (exact) mass is 275 g/mol. The molecule has 20 heavy (non-hydrogen) atoms. The molecular formula is C16H25N3O. The van der Waals surface area contributed by atoms with E-state index in [0.29, 0.717) is 18.5 Å². The van der Waals surface area contributed by atoms with Gasteiger partial charge in [0.25, 0.3) is 0 Å². The normalized spacial score (nSPS) is 21.8. The fourth-order valence-electron chi connectivity index (χ4n) is 2.87. The second kappa shape index (κ2) is 6.75. The van der Waals surface area contributed by atoms with Crippen molar-refractivity contribution in [1.29, 1.82) is 0 Å². The third kappa shape index (κ3) is 3.73. The lowest BCUT2D eigenvalue weighted by molar-refractivity contribution is -0.128. The van der Waals surface area contributed by atoms with E-state index in [4.69, 9.17) is 5.73 Å². The lowest BCUT2D eigenvalue weighted by Gasteiger charge is -2.21. The number of benzene rings is 1. The number of hydrogen-bond donors (Lipinski definition) is 2. The SMILES string of the molecule is CC(=O)N(C)Cc1cccc(NC2CCCC2CN)c1. The third-order valence-corrected chi connectivity index (χ3v) is 4.20. The highest BCUT2D eigenvalue weighted by atomic mass is 16.2. The van der Waals surface area contributed by atoms with Gasteiger partial charge < -0.3 is 16.0 Å². The molecule has 3 N–H and O–H groups in total. The van der Waals surface area contributed by atoms with Crippen LogP contribution in [0.2, 0.25) is 0 Å². The highest BCUT2D eigenvalue weighted by molar-refractivity contribution is 5.72. The molecule has 2 unspecified atom stereocenters. The minimum atomic E-state index is 0.0855. The molecular weight excluding hydrogens is 250 g/mol. The summed E-state index contributed by atoms with van der Waals surface area (Å²) < 4.78 is 0. The van der Waals surface area contributed by atoms with E-state index < -0.39 is 0 Å². The summed E-state index contributed by atoms with van der Waals surface area (Å²) in [6.07, 6.45) is 3.67. The van der Waals surface area contributed by atoms with Gasteiger partial charge in [-0.15, -0.1) is 0 Å². The number of hydrogen-bond acceptors (Lipinski definition) is 3. The Morgan fingerprint density at radius 2 is 2.25 bits per heavy atom. The van der Waals surface area contributed by atoms with Crippen LogP contribution in [0, 0.1) is 5.92 Å². The van der Waals surface area contributed by atoms with Gasteiger partial charge in [-0.2, -0.15) is 0 Å². The molecule has 0 spiro atoms. The summed E-state index contributed by atoms with van der Waals surface area (Å²) in [5.41, 5.74) is 8.10. The van der Waals surface area contributed by atoms with Crippen molar-refractivity contribution in [2.75, 3.05) is 18.9 Å². The summed E-state index contributed by atoms with van der Waals surface area (Å²) in [7, 11) is 1.82. The Kier molecular flexibility index (Phi) is 5.01. The van der Waals surface area contributed by atoms with E-state index in [1.807, 2.05) is 13.1 Å². The third-order valence-electron chi connectivity index (χ3n) is 4.20. The molecule has 0 aliphatic heterocycles. The molecule has 1 aliphatic rings. The van der Waals surface area contributed by atoms with Crippen molar-refractivity contribution in [1.82, 2.24) is 4.90 Å². The molecule has 4 nitrogen and oxygen atoms in total. The van der Waals surface area contributed by atoms with Crippen LogP contribution in [0.25, 0.3) is 0 Å². The van der Waals surface area contributed by atoms with Crippen LogP contribution in [0.1, 0.15) is 31.7 Å². The van der Waals surface area contributed by atoms with Crippen LogP contribution in [0.4, 0.5) is 5.69 Å². The predicted octanol–water partition coefficient (Wildman–Crippen LogP) is 2.20. The average Bonchev–Trinajstić information content (AvgIpc) is 2.86. The minimum absolute atomic E-state index is 0.0855. The zero-order valence-corrected chi connectivity index (χ0v) is 12.4. The fourth-order valence-corrected chi connectivity index (χ4v) is 2.87. The first-order valence-corrected chi connectivity index (χ1v) is 7.37. The number of nitrogens with two attached hydrogens (primary N) is 1. The Bertz CT molecular complexity index is 461. The first-order valence-electron chi connectivity index (χ1n) is 7.37. The molecule has 1 amide bonds. The van der Waals surface area contributed by atoms with E-state index in [1.165, 1.54) is 19.3 Å². The van der Waals surface area contributed by atoms with Gasteiger partial charge >= 0.3 is 0 Å². The van der Waals surface area contributed by atoms with Crippen molar-refractivity contribution in [2.45, 2.75) is 38.8 Å². The van der Waals surface area contributed by atoms with Gasteiger partial charge in [-0.3, -0.25) is 4.79 Å². The topological polar surface area (TPSA) is 58.4 Å². The first kappa shape index (κ1) is 14.9. The molecule has 1 saturated carbocycles. The number of anilines is 1. The van der Waals surface area contributed by atoms with Crippen molar-refractivity contribution in [3.63, 3.8) is 0 Å². The van der Waals surface area contributed by atoms with Gasteiger partial charge in [0.05, 0.1) is 0 Å². The van der Waals surface area contributed by atoms with Gasteiger partial charge in [0.2, 0.25) is 5.91 Å². The van der Waals surface area contributed by atoms with E-state index in [1.54, 1.807) is 11.8 Å². The van der Waals surface area contributed by atoms with Crippen molar-refractivity contribution in [3.8, 4) is 0 Å². The Labute approximate surface area is 121 Å². The van der Waals surface area contributed by atoms with Gasteiger partial charge in [0, 0.05) is 32.2 Å². The molecule has 0 heterocycles. The van der Waals surface area contributed by atoms with Crippen LogP contribution in [0.5, 0.6) is 0 Å². The number of amides is 1. The molecule has 1 aromatic carbocycles. The molecule has 1 aliphatic carbocycles. The number of carbonyl (C=O) groups is 1. The number of nitrogens with one attached hydrogen (secondary N) is 1. The summed E-state index contributed by atoms with van der Waals surface area (Å²) in [6, 6.07) is 8.80. The van der Waals surface area contributed by atoms with E-state index in [0.717, 1.165) is 17.8 Å². The molecule has 1 aromatic rings. The van der Waals surface area contributed by atoms with Gasteiger partial charge in [-0.1, -0.05) is 18.6 Å². The van der Waals surface area contributed by atoms with Crippen molar-refractivity contribution < 1.29 is 4.79 Å². The van der Waals surface area contributed by atoms with Crippen molar-refractivity contribution >= 4 is 11.6 Å². The Hall–Kier alpha value is -1.55. The summed E-state index contributed by atoms with van der Waals surface area (Å²) in [5.74, 6) is 0.668. The molecule has 2 atom stereocenters. The Morgan fingerprint density at radius 1 is 1.45 bits per heavy atom. The standard InChI is InChI=1S/C16H25N3O/c1-12(20)19(2)11-13-5-3-7-15(9-13)18-16-8-4-6-14(16)10-17/h3,5,7,9,14,16,18H,4,6,8,10-11,17H2,1-2H3. The predicted molar refractivity (Wildman–Crippen MR) is 82.4 cm³/mol. The van der Waals surface area contributed by atoms with Crippen LogP contribution in [0.3, 0.4) is 0 Å². The van der Waals surface area contributed by atoms with Gasteiger partial charge in [0.1, 0.15) is 0 Å². The zero-order chi connectivity index (χ0) is 14.5. The van der Waals surface area contributed by atoms with Gasteiger partial charge in [0.15, 0.2) is 0 Å². The second-order valence-corrected chi connectivity index (χ2v) is 5.75. The highest BCUT2D eigenvalue weighted by Gasteiger charge is 2.25. The van der Waals surface area contributed by atoms with Crippen LogP contribution in [-0.2, 0) is 11.3 Å². The highest BCUT2D eigenvalue weighted by Crippen LogP contribution is 2.28. The van der Waals surface area contributed by atoms with Crippen LogP contribution >= 0.6 is 0 Å². The zero-order valence-electron chi connectivity index (χ0n) is 12.4. The number of carbonyl (C=O) groups excluding carboxylic acids is 1. The molecule has 0 radical (unpaired) electrons. The van der Waals surface area contributed by atoms with E-state index in [-0.39, 0.29) is 5.91 Å². The van der Waals surface area contributed by atoms with Crippen LogP contribution < -0.4 is 11.1 Å². The fraction of sp³-hybridized carbons (Fsp3) is 0.562. The number of nitrogens with zero attached hydrogens (tertiary/aromatic N) is 1. The molecule has 0 aromatic heterocycles. The smallest absolute Gasteiger partial charge is 0.219 e. The van der Waals surface area contributed by atoms with Crippen molar-refractivity contribution in [3.05, 3.63) is 29.8 Å². The lowest BCUT2D eigenvalue weighted by atomic mass is 10.0. The van der Waals surface area contributed by atoms with E-state index in [2.05, 4.69) is 23.5 Å². The summed E-state index contributed by atoms with van der Waals surface area (Å²) in [5, 5.41) is 3.60. The van der Waals surface area contributed by atoms with E-state index in [9.17, 15) is 4.79 Å². The summed E-state index contributed by atoms with van der Waals surface area (Å²) in [4.78, 5) is 13.0. The lowest BCUT2D eigenvalue weighted by Crippen LogP contribution is -2.29. The average molecular weight is 275 g/mol. The Morgan fingerprint density at radius 3 is 2.95 bits per heavy atom. The second-order valence-electron chi connectivity index (χ2n) is 5.75. The molecule has 0 saturated heterocycles. The van der Waals surface area contributed by atoms with Gasteiger partial charge in [-0.05, 0) is 43.0 Å². The maximum absolute atomic E-state index is 11.3. The maximum Gasteiger partial charge on any atom is 0.219 e. The summed E-state index contributed by atoms with van der Waals surface area (Å²) >= 11 is 0.